The Morgan fingerprint density at radius 2 is 1.78 bits per heavy atom. The normalized spacial score (nSPS) is 14.9. The van der Waals surface area contributed by atoms with Gasteiger partial charge in [0.15, 0.2) is 0 Å². The summed E-state index contributed by atoms with van der Waals surface area (Å²) in [7, 11) is 0. The monoisotopic (exact) mass is 445 g/mol. The van der Waals surface area contributed by atoms with Gasteiger partial charge in [0.05, 0.1) is 6.54 Å². The van der Waals surface area contributed by atoms with E-state index in [0.717, 1.165) is 37.1 Å². The standard InChI is InChI=1S/C24H29F2N3O3/c1-17-4-2-3-5-21(17)23(31)28-19-11-14-29(15-12-19)16-22(30)27-13-10-18-6-8-20(9-7-18)32-24(25)26/h2-9,19,24H,10-16H2,1H3,(H,27,30)(H,28,31). The van der Waals surface area contributed by atoms with Crippen LogP contribution in [0.3, 0.4) is 0 Å². The van der Waals surface area contributed by atoms with E-state index < -0.39 is 6.61 Å². The van der Waals surface area contributed by atoms with E-state index in [9.17, 15) is 18.4 Å². The predicted molar refractivity (Wildman–Crippen MR) is 118 cm³/mol. The highest BCUT2D eigenvalue weighted by atomic mass is 19.3. The second kappa shape index (κ2) is 11.6. The van der Waals surface area contributed by atoms with Crippen LogP contribution >= 0.6 is 0 Å². The fraction of sp³-hybridized carbons (Fsp3) is 0.417. The molecule has 2 aromatic carbocycles. The van der Waals surface area contributed by atoms with Gasteiger partial charge in [-0.3, -0.25) is 14.5 Å². The number of halogens is 2. The average molecular weight is 446 g/mol. The van der Waals surface area contributed by atoms with Gasteiger partial charge in [-0.2, -0.15) is 8.78 Å². The molecule has 3 rings (SSSR count). The SMILES string of the molecule is Cc1ccccc1C(=O)NC1CCN(CC(=O)NCCc2ccc(OC(F)F)cc2)CC1. The third-order valence-electron chi connectivity index (χ3n) is 5.56. The molecule has 0 saturated carbocycles. The molecule has 0 spiro atoms. The Labute approximate surface area is 186 Å². The van der Waals surface area contributed by atoms with Gasteiger partial charge < -0.3 is 15.4 Å². The third kappa shape index (κ3) is 7.30. The third-order valence-corrected chi connectivity index (χ3v) is 5.56. The molecule has 32 heavy (non-hydrogen) atoms. The molecule has 2 amide bonds. The van der Waals surface area contributed by atoms with Crippen LogP contribution in [0.5, 0.6) is 5.75 Å². The van der Waals surface area contributed by atoms with Crippen LogP contribution in [-0.4, -0.2) is 55.5 Å². The first kappa shape index (κ1) is 23.7. The predicted octanol–water partition coefficient (Wildman–Crippen LogP) is 3.15. The number of amides is 2. The van der Waals surface area contributed by atoms with Crippen LogP contribution in [0.15, 0.2) is 48.5 Å². The van der Waals surface area contributed by atoms with Gasteiger partial charge in [-0.25, -0.2) is 0 Å². The van der Waals surface area contributed by atoms with Crippen molar-refractivity contribution < 1.29 is 23.1 Å². The molecule has 172 valence electrons. The minimum Gasteiger partial charge on any atom is -0.435 e. The first-order valence-electron chi connectivity index (χ1n) is 10.8. The quantitative estimate of drug-likeness (QED) is 0.622. The molecule has 1 aliphatic heterocycles. The van der Waals surface area contributed by atoms with Crippen LogP contribution in [0.2, 0.25) is 0 Å². The number of ether oxygens (including phenoxy) is 1. The Kier molecular flexibility index (Phi) is 8.56. The smallest absolute Gasteiger partial charge is 0.387 e. The van der Waals surface area contributed by atoms with Crippen molar-refractivity contribution in [2.24, 2.45) is 0 Å². The lowest BCUT2D eigenvalue weighted by molar-refractivity contribution is -0.122. The number of aryl methyl sites for hydroxylation is 1. The van der Waals surface area contributed by atoms with Gasteiger partial charge in [0.2, 0.25) is 5.91 Å². The second-order valence-electron chi connectivity index (χ2n) is 7.96. The van der Waals surface area contributed by atoms with Crippen LogP contribution in [0.1, 0.15) is 34.3 Å². The van der Waals surface area contributed by atoms with Gasteiger partial charge in [0.1, 0.15) is 5.75 Å². The van der Waals surface area contributed by atoms with Gasteiger partial charge in [-0.1, -0.05) is 30.3 Å². The van der Waals surface area contributed by atoms with Crippen molar-refractivity contribution in [1.82, 2.24) is 15.5 Å². The topological polar surface area (TPSA) is 70.7 Å². The van der Waals surface area contributed by atoms with E-state index in [4.69, 9.17) is 0 Å². The number of carbonyl (C=O) groups is 2. The molecule has 0 atom stereocenters. The molecule has 0 radical (unpaired) electrons. The summed E-state index contributed by atoms with van der Waals surface area (Å²) in [6.45, 7) is 1.37. The van der Waals surface area contributed by atoms with Gasteiger partial charge >= 0.3 is 6.61 Å². The first-order chi connectivity index (χ1) is 15.4. The van der Waals surface area contributed by atoms with E-state index in [0.29, 0.717) is 25.1 Å². The second-order valence-corrected chi connectivity index (χ2v) is 7.96. The number of rotatable bonds is 9. The number of alkyl halides is 2. The lowest BCUT2D eigenvalue weighted by atomic mass is 10.0. The molecule has 2 aromatic rings. The van der Waals surface area contributed by atoms with E-state index in [2.05, 4.69) is 20.3 Å². The van der Waals surface area contributed by atoms with E-state index >= 15 is 0 Å². The van der Waals surface area contributed by atoms with Crippen molar-refractivity contribution in [3.8, 4) is 5.75 Å². The van der Waals surface area contributed by atoms with E-state index in [1.165, 1.54) is 12.1 Å². The largest absolute Gasteiger partial charge is 0.435 e. The van der Waals surface area contributed by atoms with Crippen molar-refractivity contribution >= 4 is 11.8 Å². The summed E-state index contributed by atoms with van der Waals surface area (Å²) < 4.78 is 28.7. The molecule has 0 aliphatic carbocycles. The van der Waals surface area contributed by atoms with E-state index in [1.807, 2.05) is 31.2 Å². The summed E-state index contributed by atoms with van der Waals surface area (Å²) in [4.78, 5) is 26.8. The number of carbonyl (C=O) groups excluding carboxylic acids is 2. The summed E-state index contributed by atoms with van der Waals surface area (Å²) in [5.41, 5.74) is 2.58. The number of hydrogen-bond acceptors (Lipinski definition) is 4. The summed E-state index contributed by atoms with van der Waals surface area (Å²) in [5, 5.41) is 5.99. The Hall–Kier alpha value is -3.00. The zero-order valence-corrected chi connectivity index (χ0v) is 18.2. The first-order valence-corrected chi connectivity index (χ1v) is 10.8. The zero-order chi connectivity index (χ0) is 22.9. The fourth-order valence-electron chi connectivity index (χ4n) is 3.77. The Morgan fingerprint density at radius 1 is 1.09 bits per heavy atom. The van der Waals surface area contributed by atoms with Gasteiger partial charge in [-0.15, -0.1) is 0 Å². The molecule has 1 heterocycles. The van der Waals surface area contributed by atoms with Gasteiger partial charge in [0.25, 0.3) is 5.91 Å². The summed E-state index contributed by atoms with van der Waals surface area (Å²) in [6.07, 6.45) is 2.21. The lowest BCUT2D eigenvalue weighted by Gasteiger charge is -2.32. The number of piperidine rings is 1. The van der Waals surface area contributed by atoms with Crippen LogP contribution < -0.4 is 15.4 Å². The number of nitrogens with one attached hydrogen (secondary N) is 2. The van der Waals surface area contributed by atoms with E-state index in [-0.39, 0.29) is 23.6 Å². The maximum atomic E-state index is 12.5. The van der Waals surface area contributed by atoms with Crippen LogP contribution in [0, 0.1) is 6.92 Å². The van der Waals surface area contributed by atoms with Crippen LogP contribution in [0.25, 0.3) is 0 Å². The Bertz CT molecular complexity index is 898. The van der Waals surface area contributed by atoms with Crippen molar-refractivity contribution in [2.75, 3.05) is 26.2 Å². The highest BCUT2D eigenvalue weighted by molar-refractivity contribution is 5.95. The minimum absolute atomic E-state index is 0.0481. The Morgan fingerprint density at radius 3 is 2.44 bits per heavy atom. The molecule has 8 heteroatoms. The van der Waals surface area contributed by atoms with Crippen molar-refractivity contribution in [2.45, 2.75) is 38.8 Å². The molecular weight excluding hydrogens is 416 g/mol. The van der Waals surface area contributed by atoms with Crippen molar-refractivity contribution in [1.29, 1.82) is 0 Å². The highest BCUT2D eigenvalue weighted by Crippen LogP contribution is 2.15. The minimum atomic E-state index is -2.84. The molecule has 1 saturated heterocycles. The molecule has 6 nitrogen and oxygen atoms in total. The molecule has 0 bridgehead atoms. The highest BCUT2D eigenvalue weighted by Gasteiger charge is 2.22. The average Bonchev–Trinajstić information content (AvgIpc) is 2.76. The fourth-order valence-corrected chi connectivity index (χ4v) is 3.77. The van der Waals surface area contributed by atoms with Gasteiger partial charge in [-0.05, 0) is 55.5 Å². The number of likely N-dealkylation sites (tertiary alicyclic amines) is 1. The number of benzene rings is 2. The summed E-state index contributed by atoms with van der Waals surface area (Å²) in [6, 6.07) is 14.0. The van der Waals surface area contributed by atoms with E-state index in [1.54, 1.807) is 12.1 Å². The van der Waals surface area contributed by atoms with Gasteiger partial charge in [0, 0.05) is 31.2 Å². The summed E-state index contributed by atoms with van der Waals surface area (Å²) in [5.74, 6) is 0.0180. The van der Waals surface area contributed by atoms with Crippen LogP contribution in [-0.2, 0) is 11.2 Å². The Balaban J connectivity index is 1.33. The molecule has 1 aliphatic rings. The molecular formula is C24H29F2N3O3. The van der Waals surface area contributed by atoms with Crippen molar-refractivity contribution in [3.63, 3.8) is 0 Å². The molecule has 2 N–H and O–H groups in total. The zero-order valence-electron chi connectivity index (χ0n) is 18.2. The lowest BCUT2D eigenvalue weighted by Crippen LogP contribution is -2.47. The maximum Gasteiger partial charge on any atom is 0.387 e. The van der Waals surface area contributed by atoms with Crippen molar-refractivity contribution in [3.05, 3.63) is 65.2 Å². The number of nitrogens with zero attached hydrogens (tertiary/aromatic N) is 1. The molecule has 0 unspecified atom stereocenters. The maximum absolute atomic E-state index is 12.5. The molecule has 0 aromatic heterocycles. The van der Waals surface area contributed by atoms with Crippen LogP contribution in [0.4, 0.5) is 8.78 Å². The number of hydrogen-bond donors (Lipinski definition) is 2. The summed E-state index contributed by atoms with van der Waals surface area (Å²) >= 11 is 0. The molecule has 1 fully saturated rings.